The molecule has 2 fully saturated rings. The Morgan fingerprint density at radius 1 is 0.775 bits per heavy atom. The van der Waals surface area contributed by atoms with E-state index in [0.717, 1.165) is 48.3 Å². The van der Waals surface area contributed by atoms with Crippen LogP contribution in [0.25, 0.3) is 0 Å². The number of unbranched alkanes of at least 4 members (excludes halogenated alkanes) is 2. The van der Waals surface area contributed by atoms with Crippen molar-refractivity contribution in [1.29, 1.82) is 0 Å². The van der Waals surface area contributed by atoms with Crippen molar-refractivity contribution >= 4 is 0 Å². The molecule has 4 rings (SSSR count). The lowest BCUT2D eigenvalue weighted by Gasteiger charge is -2.32. The normalized spacial score (nSPS) is 23.8. The molecular weight excluding hydrogens is 523 g/mol. The van der Waals surface area contributed by atoms with Crippen molar-refractivity contribution in [3.63, 3.8) is 0 Å². The molecule has 7 heteroatoms. The van der Waals surface area contributed by atoms with Gasteiger partial charge in [-0.05, 0) is 85.3 Å². The molecule has 0 heterocycles. The van der Waals surface area contributed by atoms with Crippen LogP contribution in [0.3, 0.4) is 0 Å². The summed E-state index contributed by atoms with van der Waals surface area (Å²) in [6.45, 7) is -0.976. The summed E-state index contributed by atoms with van der Waals surface area (Å²) in [5, 5.41) is 0. The molecule has 2 nitrogen and oxygen atoms in total. The zero-order valence-electron chi connectivity index (χ0n) is 23.5. The van der Waals surface area contributed by atoms with Crippen molar-refractivity contribution < 1.29 is 31.4 Å². The second kappa shape index (κ2) is 14.5. The fraction of sp³-hybridized carbons (Fsp3) is 0.636. The molecule has 2 aromatic carbocycles. The van der Waals surface area contributed by atoms with Crippen LogP contribution in [-0.2, 0) is 6.11 Å². The van der Waals surface area contributed by atoms with Gasteiger partial charge < -0.3 is 9.47 Å². The average molecular weight is 567 g/mol. The first-order valence-corrected chi connectivity index (χ1v) is 15.1. The molecule has 2 aliphatic rings. The van der Waals surface area contributed by atoms with E-state index < -0.39 is 29.9 Å². The highest BCUT2D eigenvalue weighted by atomic mass is 19.3. The van der Waals surface area contributed by atoms with Crippen LogP contribution in [0.5, 0.6) is 11.5 Å². The molecule has 0 saturated heterocycles. The monoisotopic (exact) mass is 566 g/mol. The van der Waals surface area contributed by atoms with E-state index in [4.69, 9.17) is 4.74 Å². The Bertz CT molecular complexity index is 1030. The third kappa shape index (κ3) is 8.84. The van der Waals surface area contributed by atoms with Crippen LogP contribution in [0.4, 0.5) is 22.0 Å². The van der Waals surface area contributed by atoms with Crippen LogP contribution in [0.15, 0.2) is 42.5 Å². The Balaban J connectivity index is 1.19. The third-order valence-corrected chi connectivity index (χ3v) is 9.09. The van der Waals surface area contributed by atoms with Gasteiger partial charge in [-0.2, -0.15) is 17.6 Å². The molecule has 0 unspecified atom stereocenters. The first kappa shape index (κ1) is 30.6. The second-order valence-electron chi connectivity index (χ2n) is 11.9. The summed E-state index contributed by atoms with van der Waals surface area (Å²) in [7, 11) is 0. The molecular formula is C33H43F5O2. The number of rotatable bonds is 13. The number of ether oxygens (including phenoxy) is 2. The van der Waals surface area contributed by atoms with Gasteiger partial charge in [0.15, 0.2) is 11.6 Å². The minimum Gasteiger partial charge on any atom is -0.432 e. The lowest BCUT2D eigenvalue weighted by molar-refractivity contribution is -0.185. The molecule has 0 amide bonds. The van der Waals surface area contributed by atoms with Crippen LogP contribution >= 0.6 is 0 Å². The Morgan fingerprint density at radius 3 is 1.90 bits per heavy atom. The number of hydrogen-bond donors (Lipinski definition) is 0. The van der Waals surface area contributed by atoms with E-state index in [9.17, 15) is 22.0 Å². The zero-order valence-corrected chi connectivity index (χ0v) is 23.5. The van der Waals surface area contributed by atoms with Crippen molar-refractivity contribution in [2.75, 3.05) is 0 Å². The van der Waals surface area contributed by atoms with Crippen LogP contribution < -0.4 is 9.47 Å². The summed E-state index contributed by atoms with van der Waals surface area (Å²) < 4.78 is 76.6. The van der Waals surface area contributed by atoms with Gasteiger partial charge in [0, 0.05) is 0 Å². The van der Waals surface area contributed by atoms with Gasteiger partial charge in [0.25, 0.3) is 0 Å². The Morgan fingerprint density at radius 2 is 1.35 bits per heavy atom. The van der Waals surface area contributed by atoms with Gasteiger partial charge in [0.1, 0.15) is 5.75 Å². The van der Waals surface area contributed by atoms with Gasteiger partial charge in [-0.3, -0.25) is 0 Å². The summed E-state index contributed by atoms with van der Waals surface area (Å²) in [4.78, 5) is 0. The maximum atomic E-state index is 14.6. The van der Waals surface area contributed by atoms with Gasteiger partial charge >= 0.3 is 12.7 Å². The minimum atomic E-state index is -3.84. The maximum absolute atomic E-state index is 14.6. The highest BCUT2D eigenvalue weighted by Gasteiger charge is 2.36. The Hall–Kier alpha value is -2.31. The minimum absolute atomic E-state index is 0.0455. The summed E-state index contributed by atoms with van der Waals surface area (Å²) >= 11 is 0. The van der Waals surface area contributed by atoms with E-state index in [1.165, 1.54) is 89.2 Å². The van der Waals surface area contributed by atoms with Crippen LogP contribution in [0.2, 0.25) is 0 Å². The van der Waals surface area contributed by atoms with Crippen molar-refractivity contribution in [2.24, 2.45) is 17.8 Å². The molecule has 0 bridgehead atoms. The quantitative estimate of drug-likeness (QED) is 0.177. The maximum Gasteiger partial charge on any atom is 0.426 e. The predicted octanol–water partition coefficient (Wildman–Crippen LogP) is 11.0. The molecule has 0 aliphatic heterocycles. The molecule has 2 saturated carbocycles. The van der Waals surface area contributed by atoms with Gasteiger partial charge in [-0.25, -0.2) is 4.39 Å². The molecule has 222 valence electrons. The van der Waals surface area contributed by atoms with Crippen molar-refractivity contribution in [3.8, 4) is 11.5 Å². The molecule has 0 radical (unpaired) electrons. The van der Waals surface area contributed by atoms with Crippen LogP contribution in [0.1, 0.15) is 114 Å². The van der Waals surface area contributed by atoms with E-state index in [2.05, 4.69) is 11.7 Å². The van der Waals surface area contributed by atoms with Gasteiger partial charge in [0.05, 0.1) is 5.56 Å². The lowest BCUT2D eigenvalue weighted by atomic mass is 9.74. The van der Waals surface area contributed by atoms with Gasteiger partial charge in [-0.15, -0.1) is 0 Å². The topological polar surface area (TPSA) is 18.5 Å². The van der Waals surface area contributed by atoms with Crippen molar-refractivity contribution in [1.82, 2.24) is 0 Å². The van der Waals surface area contributed by atoms with E-state index in [1.807, 2.05) is 12.1 Å². The standard InChI is InChI=1S/C33H43F5O2/c1-2-3-4-5-23-6-8-24(9-7-23)10-11-25-12-14-26(15-13-25)27-16-19-29(20-17-27)40-33(37,38)28-18-21-31(30(34)22-28)39-32(35)36/h16-26,32H,2-15H2,1H3. The molecule has 2 aromatic rings. The third-order valence-electron chi connectivity index (χ3n) is 9.09. The summed E-state index contributed by atoms with van der Waals surface area (Å²) in [6.07, 6.45) is 14.7. The molecule has 0 atom stereocenters. The van der Waals surface area contributed by atoms with E-state index in [-0.39, 0.29) is 5.75 Å². The number of halogens is 5. The predicted molar refractivity (Wildman–Crippen MR) is 148 cm³/mol. The fourth-order valence-electron chi connectivity index (χ4n) is 6.64. The highest BCUT2D eigenvalue weighted by Crippen LogP contribution is 2.41. The highest BCUT2D eigenvalue weighted by molar-refractivity contribution is 5.33. The average Bonchev–Trinajstić information content (AvgIpc) is 2.94. The van der Waals surface area contributed by atoms with Gasteiger partial charge in [0.2, 0.25) is 0 Å². The molecule has 0 aromatic heterocycles. The first-order valence-electron chi connectivity index (χ1n) is 15.1. The smallest absolute Gasteiger partial charge is 0.426 e. The summed E-state index contributed by atoms with van der Waals surface area (Å²) in [6, 6.07) is 8.69. The van der Waals surface area contributed by atoms with Gasteiger partial charge in [-0.1, -0.05) is 83.3 Å². The molecule has 2 aliphatic carbocycles. The molecule has 40 heavy (non-hydrogen) atoms. The van der Waals surface area contributed by atoms with Crippen LogP contribution in [0, 0.1) is 23.6 Å². The Labute approximate surface area is 235 Å². The largest absolute Gasteiger partial charge is 0.432 e. The SMILES string of the molecule is CCCCCC1CCC(CCC2CCC(c3ccc(OC(F)(F)c4ccc(OC(F)F)c(F)c4)cc3)CC2)CC1. The number of alkyl halides is 4. The van der Waals surface area contributed by atoms with E-state index in [1.54, 1.807) is 0 Å². The van der Waals surface area contributed by atoms with Crippen molar-refractivity contribution in [3.05, 3.63) is 59.4 Å². The van der Waals surface area contributed by atoms with E-state index in [0.29, 0.717) is 12.0 Å². The lowest BCUT2D eigenvalue weighted by Crippen LogP contribution is -2.22. The molecule has 0 spiro atoms. The van der Waals surface area contributed by atoms with Crippen LogP contribution in [-0.4, -0.2) is 6.61 Å². The second-order valence-corrected chi connectivity index (χ2v) is 11.9. The summed E-state index contributed by atoms with van der Waals surface area (Å²) in [5.74, 6) is 0.928. The van der Waals surface area contributed by atoms with Crippen molar-refractivity contribution in [2.45, 2.75) is 115 Å². The fourth-order valence-corrected chi connectivity index (χ4v) is 6.64. The summed E-state index contributed by atoms with van der Waals surface area (Å²) in [5.41, 5.74) is 0.337. The van der Waals surface area contributed by atoms with E-state index >= 15 is 0 Å². The number of hydrogen-bond acceptors (Lipinski definition) is 2. The zero-order chi connectivity index (χ0) is 28.5. The molecule has 0 N–H and O–H groups in total. The number of benzene rings is 2. The Kier molecular flexibility index (Phi) is 11.1. The first-order chi connectivity index (χ1) is 19.2.